The highest BCUT2D eigenvalue weighted by atomic mass is 16.5. The number of nitrogens with one attached hydrogen (secondary N) is 1. The van der Waals surface area contributed by atoms with Gasteiger partial charge in [-0.15, -0.1) is 0 Å². The predicted octanol–water partition coefficient (Wildman–Crippen LogP) is 1.67. The van der Waals surface area contributed by atoms with E-state index >= 15 is 0 Å². The lowest BCUT2D eigenvalue weighted by Crippen LogP contribution is -2.37. The minimum absolute atomic E-state index is 0.424. The summed E-state index contributed by atoms with van der Waals surface area (Å²) in [5, 5.41) is 3.25. The van der Waals surface area contributed by atoms with Crippen LogP contribution in [-0.2, 0) is 16.1 Å². The minimum atomic E-state index is 0.424. The molecule has 0 aliphatic carbocycles. The Morgan fingerprint density at radius 2 is 2.15 bits per heavy atom. The highest BCUT2D eigenvalue weighted by Crippen LogP contribution is 2.21. The molecule has 1 aromatic rings. The lowest BCUT2D eigenvalue weighted by atomic mass is 10.1. The smallest absolute Gasteiger partial charge is 0.158 e. The molecule has 0 atom stereocenters. The zero-order valence-electron chi connectivity index (χ0n) is 12.6. The van der Waals surface area contributed by atoms with Crippen LogP contribution in [0.1, 0.15) is 25.6 Å². The van der Waals surface area contributed by atoms with Crippen molar-refractivity contribution in [2.75, 3.05) is 44.1 Å². The fourth-order valence-electron chi connectivity index (χ4n) is 2.39. The first-order chi connectivity index (χ1) is 9.74. The van der Waals surface area contributed by atoms with Crippen LogP contribution in [0.25, 0.3) is 0 Å². The van der Waals surface area contributed by atoms with Crippen LogP contribution in [0.3, 0.4) is 0 Å². The molecule has 0 unspecified atom stereocenters. The third kappa shape index (κ3) is 3.80. The van der Waals surface area contributed by atoms with E-state index in [1.807, 2.05) is 6.07 Å². The number of hydrogen-bond donors (Lipinski definition) is 1. The zero-order chi connectivity index (χ0) is 14.4. The number of anilines is 2. The van der Waals surface area contributed by atoms with Crippen molar-refractivity contribution in [1.29, 1.82) is 0 Å². The molecule has 0 saturated carbocycles. The van der Waals surface area contributed by atoms with E-state index in [1.54, 1.807) is 7.11 Å². The molecule has 0 amide bonds. The summed E-state index contributed by atoms with van der Waals surface area (Å²) in [6.07, 6.45) is 2.08. The number of rotatable bonds is 6. The molecule has 1 aromatic heterocycles. The number of aromatic nitrogens is 2. The second-order valence-electron chi connectivity index (χ2n) is 4.95. The first kappa shape index (κ1) is 15.0. The second-order valence-corrected chi connectivity index (χ2v) is 4.95. The van der Waals surface area contributed by atoms with E-state index in [-0.39, 0.29) is 0 Å². The van der Waals surface area contributed by atoms with Gasteiger partial charge in [-0.05, 0) is 19.8 Å². The first-order valence-electron chi connectivity index (χ1n) is 7.16. The molecule has 0 bridgehead atoms. The fraction of sp³-hybridized carbons (Fsp3) is 0.714. The van der Waals surface area contributed by atoms with Crippen molar-refractivity contribution in [3.63, 3.8) is 0 Å². The molecule has 0 aromatic carbocycles. The minimum Gasteiger partial charge on any atom is -0.381 e. The monoisotopic (exact) mass is 280 g/mol. The van der Waals surface area contributed by atoms with Gasteiger partial charge >= 0.3 is 0 Å². The average Bonchev–Trinajstić information content (AvgIpc) is 2.48. The Morgan fingerprint density at radius 1 is 1.40 bits per heavy atom. The third-order valence-electron chi connectivity index (χ3n) is 3.49. The Labute approximate surface area is 120 Å². The quantitative estimate of drug-likeness (QED) is 0.855. The number of hydrogen-bond acceptors (Lipinski definition) is 6. The van der Waals surface area contributed by atoms with E-state index in [9.17, 15) is 0 Å². The lowest BCUT2D eigenvalue weighted by molar-refractivity contribution is 0.0853. The van der Waals surface area contributed by atoms with Crippen molar-refractivity contribution in [1.82, 2.24) is 9.97 Å². The maximum absolute atomic E-state index is 5.42. The summed E-state index contributed by atoms with van der Waals surface area (Å²) in [5.74, 6) is 2.50. The number of ether oxygens (including phenoxy) is 2. The first-order valence-corrected chi connectivity index (χ1v) is 7.16. The van der Waals surface area contributed by atoms with Gasteiger partial charge in [0.1, 0.15) is 18.2 Å². The standard InChI is InChI=1S/C14H24N4O2/c1-4-15-12-9-14(17-13(16-12)10-19-3)18(2)11-5-7-20-8-6-11/h9,11H,4-8,10H2,1-3H3,(H,15,16,17). The second kappa shape index (κ2) is 7.40. The summed E-state index contributed by atoms with van der Waals surface area (Å²) in [6.45, 7) is 4.97. The summed E-state index contributed by atoms with van der Waals surface area (Å²) in [4.78, 5) is 11.3. The molecule has 1 aliphatic heterocycles. The molecule has 2 heterocycles. The van der Waals surface area contributed by atoms with Gasteiger partial charge in [0.2, 0.25) is 0 Å². The predicted molar refractivity (Wildman–Crippen MR) is 79.2 cm³/mol. The maximum atomic E-state index is 5.42. The topological polar surface area (TPSA) is 59.5 Å². The zero-order valence-corrected chi connectivity index (χ0v) is 12.6. The van der Waals surface area contributed by atoms with E-state index in [4.69, 9.17) is 9.47 Å². The van der Waals surface area contributed by atoms with Gasteiger partial charge in [-0.1, -0.05) is 0 Å². The van der Waals surface area contributed by atoms with Crippen LogP contribution in [-0.4, -0.2) is 49.9 Å². The lowest BCUT2D eigenvalue weighted by Gasteiger charge is -2.32. The molecule has 0 radical (unpaired) electrons. The van der Waals surface area contributed by atoms with Crippen LogP contribution in [0.2, 0.25) is 0 Å². The van der Waals surface area contributed by atoms with Gasteiger partial charge < -0.3 is 19.7 Å². The van der Waals surface area contributed by atoms with Crippen LogP contribution < -0.4 is 10.2 Å². The van der Waals surface area contributed by atoms with Crippen LogP contribution in [0.4, 0.5) is 11.6 Å². The van der Waals surface area contributed by atoms with Crippen molar-refractivity contribution < 1.29 is 9.47 Å². The Hall–Kier alpha value is -1.40. The van der Waals surface area contributed by atoms with Gasteiger partial charge in [-0.3, -0.25) is 0 Å². The Bertz CT molecular complexity index is 397. The molecule has 1 saturated heterocycles. The number of nitrogens with zero attached hydrogens (tertiary/aromatic N) is 3. The van der Waals surface area contributed by atoms with Crippen molar-refractivity contribution in [3.05, 3.63) is 11.9 Å². The normalized spacial score (nSPS) is 16.1. The molecule has 20 heavy (non-hydrogen) atoms. The molecule has 0 spiro atoms. The summed E-state index contributed by atoms with van der Waals surface area (Å²) in [6, 6.07) is 2.47. The van der Waals surface area contributed by atoms with Gasteiger partial charge in [0, 0.05) is 46.0 Å². The van der Waals surface area contributed by atoms with Gasteiger partial charge in [0.15, 0.2) is 5.82 Å². The van der Waals surface area contributed by atoms with E-state index in [0.29, 0.717) is 18.5 Å². The Balaban J connectivity index is 2.19. The summed E-state index contributed by atoms with van der Waals surface area (Å²) < 4.78 is 10.6. The van der Waals surface area contributed by atoms with Crippen molar-refractivity contribution in [3.8, 4) is 0 Å². The molecular formula is C14H24N4O2. The summed E-state index contributed by atoms with van der Waals surface area (Å²) >= 11 is 0. The van der Waals surface area contributed by atoms with Gasteiger partial charge in [-0.25, -0.2) is 9.97 Å². The van der Waals surface area contributed by atoms with Crippen LogP contribution in [0, 0.1) is 0 Å². The van der Waals surface area contributed by atoms with Gasteiger partial charge in [-0.2, -0.15) is 0 Å². The average molecular weight is 280 g/mol. The van der Waals surface area contributed by atoms with Gasteiger partial charge in [0.05, 0.1) is 0 Å². The molecule has 1 aliphatic rings. The number of methoxy groups -OCH3 is 1. The summed E-state index contributed by atoms with van der Waals surface area (Å²) in [5.41, 5.74) is 0. The highest BCUT2D eigenvalue weighted by molar-refractivity contribution is 5.49. The Kier molecular flexibility index (Phi) is 5.55. The maximum Gasteiger partial charge on any atom is 0.158 e. The van der Waals surface area contributed by atoms with Crippen molar-refractivity contribution in [2.45, 2.75) is 32.4 Å². The third-order valence-corrected chi connectivity index (χ3v) is 3.49. The molecule has 2 rings (SSSR count). The SMILES string of the molecule is CCNc1cc(N(C)C2CCOCC2)nc(COC)n1. The fourth-order valence-corrected chi connectivity index (χ4v) is 2.39. The molecular weight excluding hydrogens is 256 g/mol. The van der Waals surface area contributed by atoms with E-state index in [0.717, 1.165) is 44.2 Å². The molecule has 1 fully saturated rings. The summed E-state index contributed by atoms with van der Waals surface area (Å²) in [7, 11) is 3.75. The molecule has 6 heteroatoms. The Morgan fingerprint density at radius 3 is 2.80 bits per heavy atom. The molecule has 112 valence electrons. The van der Waals surface area contributed by atoms with Crippen molar-refractivity contribution >= 4 is 11.6 Å². The van der Waals surface area contributed by atoms with E-state index < -0.39 is 0 Å². The highest BCUT2D eigenvalue weighted by Gasteiger charge is 2.20. The van der Waals surface area contributed by atoms with Crippen LogP contribution in [0.15, 0.2) is 6.07 Å². The van der Waals surface area contributed by atoms with E-state index in [2.05, 4.69) is 34.2 Å². The molecule has 6 nitrogen and oxygen atoms in total. The molecule has 1 N–H and O–H groups in total. The van der Waals surface area contributed by atoms with Crippen LogP contribution in [0.5, 0.6) is 0 Å². The largest absolute Gasteiger partial charge is 0.381 e. The van der Waals surface area contributed by atoms with E-state index in [1.165, 1.54) is 0 Å². The van der Waals surface area contributed by atoms with Gasteiger partial charge in [0.25, 0.3) is 0 Å². The van der Waals surface area contributed by atoms with Crippen molar-refractivity contribution in [2.24, 2.45) is 0 Å². The van der Waals surface area contributed by atoms with Crippen LogP contribution >= 0.6 is 0 Å².